The van der Waals surface area contributed by atoms with Gasteiger partial charge in [0.15, 0.2) is 0 Å². The van der Waals surface area contributed by atoms with Crippen molar-refractivity contribution in [1.29, 1.82) is 0 Å². The number of fused-ring (bicyclic) bond motifs is 3. The predicted molar refractivity (Wildman–Crippen MR) is 115 cm³/mol. The lowest BCUT2D eigenvalue weighted by atomic mass is 9.98. The van der Waals surface area contributed by atoms with Gasteiger partial charge in [-0.25, -0.2) is 4.79 Å². The number of ether oxygens (including phenoxy) is 1. The summed E-state index contributed by atoms with van der Waals surface area (Å²) >= 11 is 0. The highest BCUT2D eigenvalue weighted by molar-refractivity contribution is 5.86. The lowest BCUT2D eigenvalue weighted by Crippen LogP contribution is -2.50. The van der Waals surface area contributed by atoms with Gasteiger partial charge in [-0.1, -0.05) is 55.0 Å². The molecule has 0 unspecified atom stereocenters. The summed E-state index contributed by atoms with van der Waals surface area (Å²) in [6.45, 7) is 1.72. The normalized spacial score (nSPS) is 20.4. The number of hydrogen-bond donors (Lipinski definition) is 3. The number of carboxylic acid groups (broad SMARTS) is 1. The molecule has 2 aromatic rings. The van der Waals surface area contributed by atoms with Gasteiger partial charge in [-0.15, -0.1) is 0 Å². The molecule has 2 aromatic carbocycles. The number of aliphatic carboxylic acids is 1. The van der Waals surface area contributed by atoms with E-state index < -0.39 is 36.0 Å². The van der Waals surface area contributed by atoms with Gasteiger partial charge in [0, 0.05) is 12.0 Å². The Bertz CT molecular complexity index is 959. The zero-order valence-electron chi connectivity index (χ0n) is 17.3. The third-order valence-electron chi connectivity index (χ3n) is 6.23. The van der Waals surface area contributed by atoms with Crippen molar-refractivity contribution in [3.63, 3.8) is 0 Å². The van der Waals surface area contributed by atoms with Gasteiger partial charge in [-0.2, -0.15) is 0 Å². The molecule has 7 heteroatoms. The minimum atomic E-state index is -0.903. The van der Waals surface area contributed by atoms with E-state index in [2.05, 4.69) is 22.8 Å². The van der Waals surface area contributed by atoms with Crippen LogP contribution in [0.3, 0.4) is 0 Å². The van der Waals surface area contributed by atoms with Crippen LogP contribution in [0.4, 0.5) is 4.79 Å². The molecule has 0 heterocycles. The molecule has 0 bridgehead atoms. The molecule has 162 valence electrons. The van der Waals surface area contributed by atoms with Crippen molar-refractivity contribution in [1.82, 2.24) is 10.6 Å². The van der Waals surface area contributed by atoms with Gasteiger partial charge in [0.25, 0.3) is 0 Å². The van der Waals surface area contributed by atoms with Gasteiger partial charge < -0.3 is 20.5 Å². The number of carboxylic acids is 1. The molecular weight excluding hydrogens is 396 g/mol. The average Bonchev–Trinajstić information content (AvgIpc) is 3.35. The number of amides is 2. The maximum Gasteiger partial charge on any atom is 0.407 e. The molecular formula is C24H26N2O5. The molecule has 2 aliphatic rings. The van der Waals surface area contributed by atoms with Crippen LogP contribution in [0, 0.1) is 5.92 Å². The zero-order valence-corrected chi connectivity index (χ0v) is 17.3. The van der Waals surface area contributed by atoms with Crippen molar-refractivity contribution >= 4 is 18.0 Å². The highest BCUT2D eigenvalue weighted by Gasteiger charge is 2.35. The molecule has 0 aliphatic heterocycles. The van der Waals surface area contributed by atoms with Crippen molar-refractivity contribution in [2.24, 2.45) is 5.92 Å². The molecule has 1 fully saturated rings. The summed E-state index contributed by atoms with van der Waals surface area (Å²) in [6, 6.07) is 14.9. The van der Waals surface area contributed by atoms with Gasteiger partial charge in [0.1, 0.15) is 12.6 Å². The van der Waals surface area contributed by atoms with E-state index in [-0.39, 0.29) is 12.5 Å². The standard InChI is InChI=1S/C24H26N2O5/c1-14(22(27)26-21-12-6-11-19(21)23(28)29)25-24(30)31-13-20-17-9-4-2-7-15(17)16-8-3-5-10-18(16)20/h2-5,7-10,14,19-21H,6,11-13H2,1H3,(H,25,30)(H,26,27)(H,28,29)/t14-,19+,21-/m1/s1. The predicted octanol–water partition coefficient (Wildman–Crippen LogP) is 3.28. The maximum atomic E-state index is 12.4. The molecule has 0 aromatic heterocycles. The van der Waals surface area contributed by atoms with E-state index in [9.17, 15) is 19.5 Å². The minimum absolute atomic E-state index is 0.0582. The van der Waals surface area contributed by atoms with Gasteiger partial charge >= 0.3 is 12.1 Å². The van der Waals surface area contributed by atoms with Crippen LogP contribution in [-0.2, 0) is 14.3 Å². The van der Waals surface area contributed by atoms with Crippen LogP contribution in [-0.4, -0.2) is 41.8 Å². The highest BCUT2D eigenvalue weighted by Crippen LogP contribution is 2.44. The highest BCUT2D eigenvalue weighted by atomic mass is 16.5. The molecule has 3 atom stereocenters. The van der Waals surface area contributed by atoms with Crippen LogP contribution in [0.15, 0.2) is 48.5 Å². The topological polar surface area (TPSA) is 105 Å². The molecule has 2 aliphatic carbocycles. The van der Waals surface area contributed by atoms with Crippen molar-refractivity contribution < 1.29 is 24.2 Å². The first-order chi connectivity index (χ1) is 15.0. The van der Waals surface area contributed by atoms with Crippen LogP contribution < -0.4 is 10.6 Å². The lowest BCUT2D eigenvalue weighted by Gasteiger charge is -2.21. The summed E-state index contributed by atoms with van der Waals surface area (Å²) in [4.78, 5) is 36.0. The summed E-state index contributed by atoms with van der Waals surface area (Å²) < 4.78 is 5.47. The Morgan fingerprint density at radius 1 is 1.03 bits per heavy atom. The Balaban J connectivity index is 1.33. The van der Waals surface area contributed by atoms with Gasteiger partial charge in [0.2, 0.25) is 5.91 Å². The Hall–Kier alpha value is -3.35. The average molecular weight is 422 g/mol. The maximum absolute atomic E-state index is 12.4. The minimum Gasteiger partial charge on any atom is -0.481 e. The Labute approximate surface area is 180 Å². The van der Waals surface area contributed by atoms with Crippen LogP contribution in [0.2, 0.25) is 0 Å². The second-order valence-corrected chi connectivity index (χ2v) is 8.18. The van der Waals surface area contributed by atoms with Crippen LogP contribution in [0.25, 0.3) is 11.1 Å². The lowest BCUT2D eigenvalue weighted by molar-refractivity contribution is -0.142. The van der Waals surface area contributed by atoms with Crippen molar-refractivity contribution in [2.75, 3.05) is 6.61 Å². The summed E-state index contributed by atoms with van der Waals surface area (Å²) in [5.41, 5.74) is 4.51. The largest absolute Gasteiger partial charge is 0.481 e. The molecule has 4 rings (SSSR count). The van der Waals surface area contributed by atoms with Crippen LogP contribution in [0.1, 0.15) is 43.2 Å². The molecule has 2 amide bonds. The fraction of sp³-hybridized carbons (Fsp3) is 0.375. The van der Waals surface area contributed by atoms with Crippen molar-refractivity contribution in [2.45, 2.75) is 44.2 Å². The van der Waals surface area contributed by atoms with E-state index in [4.69, 9.17) is 4.74 Å². The third kappa shape index (κ3) is 4.26. The number of carbonyl (C=O) groups is 3. The Kier molecular flexibility index (Phi) is 5.93. The number of nitrogens with one attached hydrogen (secondary N) is 2. The fourth-order valence-electron chi connectivity index (χ4n) is 4.62. The first-order valence-electron chi connectivity index (χ1n) is 10.6. The van der Waals surface area contributed by atoms with E-state index in [1.54, 1.807) is 6.92 Å². The number of carbonyl (C=O) groups excluding carboxylic acids is 2. The summed E-state index contributed by atoms with van der Waals surface area (Å²) in [6.07, 6.45) is 1.26. The smallest absolute Gasteiger partial charge is 0.407 e. The Morgan fingerprint density at radius 3 is 2.26 bits per heavy atom. The first-order valence-corrected chi connectivity index (χ1v) is 10.6. The summed E-state index contributed by atoms with van der Waals surface area (Å²) in [5, 5.41) is 14.6. The molecule has 3 N–H and O–H groups in total. The van der Waals surface area contributed by atoms with Crippen molar-refractivity contribution in [3.8, 4) is 11.1 Å². The molecule has 7 nitrogen and oxygen atoms in total. The second-order valence-electron chi connectivity index (χ2n) is 8.18. The molecule has 0 radical (unpaired) electrons. The van der Waals surface area contributed by atoms with Gasteiger partial charge in [-0.05, 0) is 42.0 Å². The third-order valence-corrected chi connectivity index (χ3v) is 6.23. The van der Waals surface area contributed by atoms with Gasteiger partial charge in [0.05, 0.1) is 5.92 Å². The van der Waals surface area contributed by atoms with Gasteiger partial charge in [-0.3, -0.25) is 9.59 Å². The van der Waals surface area contributed by atoms with Crippen LogP contribution >= 0.6 is 0 Å². The van der Waals surface area contributed by atoms with E-state index in [1.165, 1.54) is 0 Å². The zero-order chi connectivity index (χ0) is 22.0. The monoisotopic (exact) mass is 422 g/mol. The molecule has 31 heavy (non-hydrogen) atoms. The molecule has 1 saturated carbocycles. The summed E-state index contributed by atoms with van der Waals surface area (Å²) in [7, 11) is 0. The van der Waals surface area contributed by atoms with E-state index in [1.807, 2.05) is 36.4 Å². The van der Waals surface area contributed by atoms with E-state index in [0.717, 1.165) is 28.7 Å². The summed E-state index contributed by atoms with van der Waals surface area (Å²) in [5.74, 6) is -1.95. The van der Waals surface area contributed by atoms with Crippen LogP contribution in [0.5, 0.6) is 0 Å². The molecule has 0 spiro atoms. The molecule has 0 saturated heterocycles. The number of alkyl carbamates (subject to hydrolysis) is 1. The number of benzene rings is 2. The first kappa shape index (κ1) is 20.9. The van der Waals surface area contributed by atoms with Crippen molar-refractivity contribution in [3.05, 3.63) is 59.7 Å². The van der Waals surface area contributed by atoms with E-state index >= 15 is 0 Å². The Morgan fingerprint density at radius 2 is 1.65 bits per heavy atom. The van der Waals surface area contributed by atoms with E-state index in [0.29, 0.717) is 12.8 Å². The quantitative estimate of drug-likeness (QED) is 0.663. The SMILES string of the molecule is C[C@@H](NC(=O)OCC1c2ccccc2-c2ccccc21)C(=O)N[C@@H]1CCC[C@@H]1C(=O)O. The number of hydrogen-bond acceptors (Lipinski definition) is 4. The fourth-order valence-corrected chi connectivity index (χ4v) is 4.62. The second kappa shape index (κ2) is 8.79. The number of rotatable bonds is 6.